The highest BCUT2D eigenvalue weighted by Gasteiger charge is 2.34. The number of amides is 2. The second-order valence-corrected chi connectivity index (χ2v) is 17.1. The molecular weight excluding hydrogens is 472 g/mol. The van der Waals surface area contributed by atoms with Crippen molar-refractivity contribution in [1.29, 1.82) is 0 Å². The van der Waals surface area contributed by atoms with E-state index in [2.05, 4.69) is 52.1 Å². The third kappa shape index (κ3) is 6.22. The van der Waals surface area contributed by atoms with Crippen molar-refractivity contribution in [2.24, 2.45) is 0 Å². The van der Waals surface area contributed by atoms with E-state index < -0.39 is 14.2 Å². The summed E-state index contributed by atoms with van der Waals surface area (Å²) in [5.74, 6) is 0.440. The van der Waals surface area contributed by atoms with Crippen molar-refractivity contribution in [3.05, 3.63) is 27.8 Å². The zero-order valence-electron chi connectivity index (χ0n) is 20.4. The van der Waals surface area contributed by atoms with Gasteiger partial charge < -0.3 is 14.2 Å². The van der Waals surface area contributed by atoms with Gasteiger partial charge in [-0.2, -0.15) is 4.98 Å². The first-order valence-electron chi connectivity index (χ1n) is 11.9. The van der Waals surface area contributed by atoms with E-state index in [4.69, 9.17) is 9.26 Å². The zero-order valence-corrected chi connectivity index (χ0v) is 22.2. The summed E-state index contributed by atoms with van der Waals surface area (Å²) in [5.41, 5.74) is 3.82. The van der Waals surface area contributed by atoms with Crippen molar-refractivity contribution in [1.82, 2.24) is 30.5 Å². The lowest BCUT2D eigenvalue weighted by Gasteiger charge is -2.35. The maximum absolute atomic E-state index is 13.1. The SMILES string of the molecule is CN1CCc2nc(C(=O)NN(C(=O)OCC[Si](C)(C)C)C3CCC(c4ncno4)CC3)sc2C1. The Balaban J connectivity index is 1.43. The van der Waals surface area contributed by atoms with Gasteiger partial charge in [-0.05, 0) is 38.8 Å². The van der Waals surface area contributed by atoms with Crippen molar-refractivity contribution >= 4 is 31.4 Å². The summed E-state index contributed by atoms with van der Waals surface area (Å²) in [4.78, 5) is 38.3. The zero-order chi connectivity index (χ0) is 24.3. The van der Waals surface area contributed by atoms with Gasteiger partial charge in [-0.3, -0.25) is 10.2 Å². The molecule has 4 rings (SSSR count). The van der Waals surface area contributed by atoms with E-state index in [0.29, 0.717) is 30.3 Å². The van der Waals surface area contributed by atoms with E-state index in [1.54, 1.807) is 0 Å². The Bertz CT molecular complexity index is 984. The molecule has 12 heteroatoms. The number of hydrogen-bond donors (Lipinski definition) is 1. The second-order valence-electron chi connectivity index (χ2n) is 10.4. The Morgan fingerprint density at radius 2 is 2.06 bits per heavy atom. The van der Waals surface area contributed by atoms with Gasteiger partial charge in [0.05, 0.1) is 18.3 Å². The molecule has 2 aliphatic rings. The van der Waals surface area contributed by atoms with Crippen LogP contribution in [0.5, 0.6) is 0 Å². The van der Waals surface area contributed by atoms with Crippen LogP contribution in [0.2, 0.25) is 25.7 Å². The van der Waals surface area contributed by atoms with Gasteiger partial charge in [0.1, 0.15) is 0 Å². The highest BCUT2D eigenvalue weighted by molar-refractivity contribution is 7.13. The van der Waals surface area contributed by atoms with Crippen LogP contribution >= 0.6 is 11.3 Å². The van der Waals surface area contributed by atoms with Crippen LogP contribution in [-0.2, 0) is 17.7 Å². The lowest BCUT2D eigenvalue weighted by atomic mass is 9.86. The molecule has 0 bridgehead atoms. The monoisotopic (exact) mass is 506 g/mol. The topological polar surface area (TPSA) is 114 Å². The molecule has 0 spiro atoms. The summed E-state index contributed by atoms with van der Waals surface area (Å²) in [6, 6.07) is 0.708. The standard InChI is InChI=1S/C22H34N6O4SSi/c1-27-10-9-17-18(13-27)33-21(25-17)19(29)26-28(22(30)31-11-12-34(2,3)4)16-7-5-15(6-8-16)20-23-14-24-32-20/h14-16H,5-13H2,1-4H3,(H,26,29). The molecule has 1 fully saturated rings. The molecule has 3 heterocycles. The number of thiazole rings is 1. The molecule has 0 saturated heterocycles. The third-order valence-electron chi connectivity index (χ3n) is 6.40. The van der Waals surface area contributed by atoms with Crippen LogP contribution < -0.4 is 5.43 Å². The first-order valence-corrected chi connectivity index (χ1v) is 16.4. The first-order chi connectivity index (χ1) is 16.2. The Kier molecular flexibility index (Phi) is 7.68. The Morgan fingerprint density at radius 3 is 2.74 bits per heavy atom. The molecule has 1 saturated carbocycles. The van der Waals surface area contributed by atoms with Crippen LogP contribution in [0.1, 0.15) is 57.9 Å². The Morgan fingerprint density at radius 1 is 1.29 bits per heavy atom. The van der Waals surface area contributed by atoms with Crippen molar-refractivity contribution in [2.75, 3.05) is 20.2 Å². The lowest BCUT2D eigenvalue weighted by Crippen LogP contribution is -2.53. The summed E-state index contributed by atoms with van der Waals surface area (Å²) < 4.78 is 10.8. The molecule has 10 nitrogen and oxygen atoms in total. The number of nitrogens with one attached hydrogen (secondary N) is 1. The maximum atomic E-state index is 13.1. The molecule has 34 heavy (non-hydrogen) atoms. The van der Waals surface area contributed by atoms with Crippen LogP contribution in [0.25, 0.3) is 0 Å². The number of aromatic nitrogens is 3. The number of carbonyl (C=O) groups is 2. The Labute approximate surface area is 205 Å². The summed E-state index contributed by atoms with van der Waals surface area (Å²) in [6.07, 6.45) is 4.73. The van der Waals surface area contributed by atoms with Gasteiger partial charge in [-0.15, -0.1) is 11.3 Å². The van der Waals surface area contributed by atoms with E-state index >= 15 is 0 Å². The molecule has 2 aromatic rings. The van der Waals surface area contributed by atoms with E-state index in [9.17, 15) is 9.59 Å². The van der Waals surface area contributed by atoms with Crippen LogP contribution in [0.4, 0.5) is 4.79 Å². The van der Waals surface area contributed by atoms with Crippen molar-refractivity contribution in [3.63, 3.8) is 0 Å². The van der Waals surface area contributed by atoms with Gasteiger partial charge >= 0.3 is 6.09 Å². The quantitative estimate of drug-likeness (QED) is 0.466. The number of hydrogen-bond acceptors (Lipinski definition) is 9. The molecule has 0 radical (unpaired) electrons. The average Bonchev–Trinajstić information content (AvgIpc) is 3.46. The largest absolute Gasteiger partial charge is 0.448 e. The minimum Gasteiger partial charge on any atom is -0.448 e. The molecule has 0 atom stereocenters. The van der Waals surface area contributed by atoms with Crippen LogP contribution in [0.15, 0.2) is 10.9 Å². The maximum Gasteiger partial charge on any atom is 0.428 e. The Hall–Kier alpha value is -2.31. The summed E-state index contributed by atoms with van der Waals surface area (Å²) in [5, 5.41) is 5.49. The molecular formula is C22H34N6O4SSi. The molecule has 186 valence electrons. The lowest BCUT2D eigenvalue weighted by molar-refractivity contribution is 0.0427. The van der Waals surface area contributed by atoms with Gasteiger partial charge in [0.2, 0.25) is 5.89 Å². The summed E-state index contributed by atoms with van der Waals surface area (Å²) >= 11 is 1.40. The molecule has 0 aromatic carbocycles. The number of rotatable bonds is 6. The number of likely N-dealkylation sites (N-methyl/N-ethyl adjacent to an activating group) is 1. The number of hydrazine groups is 1. The fourth-order valence-electron chi connectivity index (χ4n) is 4.32. The molecule has 2 aromatic heterocycles. The fourth-order valence-corrected chi connectivity index (χ4v) is 6.11. The second kappa shape index (κ2) is 10.5. The van der Waals surface area contributed by atoms with Crippen LogP contribution in [0.3, 0.4) is 0 Å². The number of ether oxygens (including phenoxy) is 1. The number of fused-ring (bicyclic) bond motifs is 1. The smallest absolute Gasteiger partial charge is 0.428 e. The molecule has 2 amide bonds. The van der Waals surface area contributed by atoms with E-state index in [1.165, 1.54) is 22.7 Å². The highest BCUT2D eigenvalue weighted by Crippen LogP contribution is 2.34. The number of nitrogens with zero attached hydrogens (tertiary/aromatic N) is 5. The van der Waals surface area contributed by atoms with E-state index in [-0.39, 0.29) is 17.9 Å². The normalized spacial score (nSPS) is 21.1. The predicted octanol–water partition coefficient (Wildman–Crippen LogP) is 3.66. The van der Waals surface area contributed by atoms with Gasteiger partial charge in [0, 0.05) is 38.4 Å². The fraction of sp³-hybridized carbons (Fsp3) is 0.682. The molecule has 1 aliphatic carbocycles. The average molecular weight is 507 g/mol. The van der Waals surface area contributed by atoms with E-state index in [0.717, 1.165) is 49.0 Å². The van der Waals surface area contributed by atoms with Gasteiger partial charge in [-0.25, -0.2) is 14.8 Å². The minimum atomic E-state index is -1.35. The minimum absolute atomic E-state index is 0.164. The van der Waals surface area contributed by atoms with Gasteiger partial charge in [-0.1, -0.05) is 24.8 Å². The summed E-state index contributed by atoms with van der Waals surface area (Å²) in [6.45, 7) is 8.79. The highest BCUT2D eigenvalue weighted by atomic mass is 32.1. The molecule has 1 N–H and O–H groups in total. The molecule has 1 aliphatic heterocycles. The van der Waals surface area contributed by atoms with Crippen molar-refractivity contribution < 1.29 is 18.8 Å². The van der Waals surface area contributed by atoms with Gasteiger partial charge in [0.15, 0.2) is 11.3 Å². The predicted molar refractivity (Wildman–Crippen MR) is 130 cm³/mol. The van der Waals surface area contributed by atoms with E-state index in [1.807, 2.05) is 0 Å². The van der Waals surface area contributed by atoms with Crippen molar-refractivity contribution in [3.8, 4) is 0 Å². The first kappa shape index (κ1) is 24.8. The van der Waals surface area contributed by atoms with Crippen LogP contribution in [0, 0.1) is 0 Å². The van der Waals surface area contributed by atoms with Crippen molar-refractivity contribution in [2.45, 2.75) is 76.3 Å². The van der Waals surface area contributed by atoms with Gasteiger partial charge in [0.25, 0.3) is 5.91 Å². The third-order valence-corrected chi connectivity index (χ3v) is 9.19. The number of carbonyl (C=O) groups excluding carboxylic acids is 2. The molecule has 0 unspecified atom stereocenters. The summed E-state index contributed by atoms with van der Waals surface area (Å²) in [7, 11) is 0.707. The van der Waals surface area contributed by atoms with Crippen LogP contribution in [-0.4, -0.2) is 71.3 Å².